The molecule has 4 aromatic rings. The van der Waals surface area contributed by atoms with E-state index in [0.29, 0.717) is 26.8 Å². The summed E-state index contributed by atoms with van der Waals surface area (Å²) in [6.45, 7) is 1.68. The average Bonchev–Trinajstić information content (AvgIpc) is 3.29. The van der Waals surface area contributed by atoms with Crippen molar-refractivity contribution in [2.24, 2.45) is 4.99 Å². The first-order valence-electron chi connectivity index (χ1n) is 11.4. The predicted molar refractivity (Wildman–Crippen MR) is 144 cm³/mol. The molecule has 1 aliphatic heterocycles. The van der Waals surface area contributed by atoms with Gasteiger partial charge in [-0.1, -0.05) is 29.3 Å². The number of aliphatic imine (C=N–C) groups is 1. The largest absolute Gasteiger partial charge is 0.465 e. The molecule has 0 saturated heterocycles. The molecule has 2 aromatic carbocycles. The van der Waals surface area contributed by atoms with Gasteiger partial charge in [-0.25, -0.2) is 19.2 Å². The number of amides is 1. The summed E-state index contributed by atoms with van der Waals surface area (Å²) in [5.41, 5.74) is 2.08. The Morgan fingerprint density at radius 3 is 2.72 bits per heavy atom. The van der Waals surface area contributed by atoms with E-state index < -0.39 is 23.7 Å². The number of guanidine groups is 1. The molecule has 2 aromatic heterocycles. The molecule has 1 amide bonds. The minimum Gasteiger partial charge on any atom is -0.465 e. The molecule has 3 N–H and O–H groups in total. The van der Waals surface area contributed by atoms with Gasteiger partial charge in [0.2, 0.25) is 5.96 Å². The molecule has 0 saturated carbocycles. The van der Waals surface area contributed by atoms with Gasteiger partial charge in [0, 0.05) is 33.6 Å². The number of hydrogen-bond acceptors (Lipinski definition) is 9. The highest BCUT2D eigenvalue weighted by atomic mass is 35.5. The van der Waals surface area contributed by atoms with Crippen LogP contribution in [0, 0.1) is 5.82 Å². The van der Waals surface area contributed by atoms with E-state index in [-0.39, 0.29) is 34.5 Å². The van der Waals surface area contributed by atoms with Gasteiger partial charge in [-0.15, -0.1) is 0 Å². The first kappa shape index (κ1) is 26.1. The third-order valence-electron chi connectivity index (χ3n) is 5.74. The van der Waals surface area contributed by atoms with Crippen LogP contribution in [-0.2, 0) is 9.53 Å². The molecule has 0 bridgehead atoms. The second-order valence-corrected chi connectivity index (χ2v) is 9.18. The lowest BCUT2D eigenvalue weighted by Gasteiger charge is -2.27. The average molecular weight is 569 g/mol. The molecule has 5 rings (SSSR count). The number of fused-ring (bicyclic) bond motifs is 1. The number of nitrogens with one attached hydrogen (secondary N) is 3. The van der Waals surface area contributed by atoms with Crippen LogP contribution in [0.15, 0.2) is 75.4 Å². The van der Waals surface area contributed by atoms with Crippen LogP contribution in [0.1, 0.15) is 28.9 Å². The standard InChI is InChI=1S/C26H19Cl2FN6O4/c1-12-21(23(36)33-20-9-13(7-8-30-20)24(37)38-2)22(16-5-3-14(27)10-17(16)28)34-25(31-12)35-26-32-18-6-4-15(29)11-19(18)39-26/h3-11,22H,1-2H3,(H,30,33,36)(H2,31,32,34,35). The predicted octanol–water partition coefficient (Wildman–Crippen LogP) is 5.48. The van der Waals surface area contributed by atoms with Crippen LogP contribution in [0.3, 0.4) is 0 Å². The molecule has 1 aliphatic rings. The zero-order chi connectivity index (χ0) is 27.7. The molecule has 0 aliphatic carbocycles. The van der Waals surface area contributed by atoms with Gasteiger partial charge in [0.25, 0.3) is 5.91 Å². The topological polar surface area (TPSA) is 131 Å². The van der Waals surface area contributed by atoms with Gasteiger partial charge in [-0.05, 0) is 43.3 Å². The van der Waals surface area contributed by atoms with E-state index in [4.69, 9.17) is 32.4 Å². The number of carbonyl (C=O) groups excluding carboxylic acids is 2. The first-order valence-corrected chi connectivity index (χ1v) is 12.2. The van der Waals surface area contributed by atoms with E-state index in [9.17, 15) is 14.0 Å². The van der Waals surface area contributed by atoms with Crippen LogP contribution >= 0.6 is 23.2 Å². The lowest BCUT2D eigenvalue weighted by atomic mass is 9.95. The van der Waals surface area contributed by atoms with Gasteiger partial charge in [-0.2, -0.15) is 4.98 Å². The lowest BCUT2D eigenvalue weighted by molar-refractivity contribution is -0.113. The number of pyridine rings is 1. The zero-order valence-corrected chi connectivity index (χ0v) is 21.9. The Balaban J connectivity index is 1.49. The number of ether oxygens (including phenoxy) is 1. The summed E-state index contributed by atoms with van der Waals surface area (Å²) in [5, 5.41) is 9.35. The van der Waals surface area contributed by atoms with Gasteiger partial charge >= 0.3 is 12.0 Å². The number of nitrogens with zero attached hydrogens (tertiary/aromatic N) is 3. The Kier molecular flexibility index (Phi) is 7.18. The van der Waals surface area contributed by atoms with Crippen LogP contribution in [0.2, 0.25) is 10.0 Å². The van der Waals surface area contributed by atoms with Crippen molar-refractivity contribution in [1.29, 1.82) is 0 Å². The number of esters is 1. The Hall–Kier alpha value is -4.48. The van der Waals surface area contributed by atoms with Crippen molar-refractivity contribution < 1.29 is 23.1 Å². The van der Waals surface area contributed by atoms with Gasteiger partial charge in [0.1, 0.15) is 23.2 Å². The molecule has 3 heterocycles. The van der Waals surface area contributed by atoms with E-state index in [0.717, 1.165) is 0 Å². The Morgan fingerprint density at radius 1 is 1.13 bits per heavy atom. The van der Waals surface area contributed by atoms with Gasteiger partial charge in [-0.3, -0.25) is 10.1 Å². The van der Waals surface area contributed by atoms with Crippen molar-refractivity contribution in [3.05, 3.63) is 93.0 Å². The van der Waals surface area contributed by atoms with Crippen molar-refractivity contribution >= 4 is 64.0 Å². The summed E-state index contributed by atoms with van der Waals surface area (Å²) >= 11 is 12.6. The van der Waals surface area contributed by atoms with Crippen LogP contribution < -0.4 is 16.0 Å². The summed E-state index contributed by atoms with van der Waals surface area (Å²) in [5.74, 6) is -1.23. The Bertz CT molecular complexity index is 1690. The maximum absolute atomic E-state index is 13.6. The molecule has 198 valence electrons. The smallest absolute Gasteiger partial charge is 0.338 e. The van der Waals surface area contributed by atoms with Crippen LogP contribution in [0.5, 0.6) is 0 Å². The number of hydrogen-bond donors (Lipinski definition) is 3. The van der Waals surface area contributed by atoms with Crippen molar-refractivity contribution in [3.8, 4) is 0 Å². The summed E-state index contributed by atoms with van der Waals surface area (Å²) < 4.78 is 23.9. The maximum atomic E-state index is 13.6. The monoisotopic (exact) mass is 568 g/mol. The van der Waals surface area contributed by atoms with E-state index in [1.807, 2.05) is 0 Å². The quantitative estimate of drug-likeness (QED) is 0.270. The Labute approximate surface area is 230 Å². The summed E-state index contributed by atoms with van der Waals surface area (Å²) in [7, 11) is 1.26. The van der Waals surface area contributed by atoms with Crippen molar-refractivity contribution in [2.75, 3.05) is 17.7 Å². The number of anilines is 2. The fraction of sp³-hybridized carbons (Fsp3) is 0.115. The fourth-order valence-corrected chi connectivity index (χ4v) is 4.47. The number of oxazole rings is 1. The van der Waals surface area contributed by atoms with E-state index >= 15 is 0 Å². The number of rotatable bonds is 5. The number of allylic oxidation sites excluding steroid dienone is 1. The summed E-state index contributed by atoms with van der Waals surface area (Å²) in [6.07, 6.45) is 1.38. The highest BCUT2D eigenvalue weighted by molar-refractivity contribution is 6.35. The molecule has 10 nitrogen and oxygen atoms in total. The number of carbonyl (C=O) groups is 2. The highest BCUT2D eigenvalue weighted by Gasteiger charge is 2.31. The number of benzene rings is 2. The third kappa shape index (κ3) is 5.54. The zero-order valence-electron chi connectivity index (χ0n) is 20.4. The van der Waals surface area contributed by atoms with E-state index in [1.54, 1.807) is 25.1 Å². The highest BCUT2D eigenvalue weighted by Crippen LogP contribution is 2.36. The lowest BCUT2D eigenvalue weighted by Crippen LogP contribution is -2.37. The second kappa shape index (κ2) is 10.7. The maximum Gasteiger partial charge on any atom is 0.338 e. The van der Waals surface area contributed by atoms with Crippen molar-refractivity contribution in [3.63, 3.8) is 0 Å². The molecule has 0 fully saturated rings. The van der Waals surface area contributed by atoms with Crippen molar-refractivity contribution in [1.82, 2.24) is 15.3 Å². The first-order chi connectivity index (χ1) is 18.7. The molecule has 0 radical (unpaired) electrons. The number of aromatic nitrogens is 2. The summed E-state index contributed by atoms with van der Waals surface area (Å²) in [6, 6.07) is 10.9. The SMILES string of the molecule is COC(=O)c1ccnc(NC(=O)C2=C(C)NC(Nc3nc4ccc(F)cc4o3)=NC2c2ccc(Cl)cc2Cl)c1. The number of methoxy groups -OCH3 is 1. The van der Waals surface area contributed by atoms with Gasteiger partial charge in [0.05, 0.1) is 18.2 Å². The number of halogens is 3. The van der Waals surface area contributed by atoms with Crippen molar-refractivity contribution in [2.45, 2.75) is 13.0 Å². The van der Waals surface area contributed by atoms with Crippen LogP contribution in [0.25, 0.3) is 11.1 Å². The molecule has 13 heteroatoms. The molecule has 1 unspecified atom stereocenters. The molecule has 1 atom stereocenters. The molecule has 0 spiro atoms. The van der Waals surface area contributed by atoms with Crippen LogP contribution in [0.4, 0.5) is 16.2 Å². The summed E-state index contributed by atoms with van der Waals surface area (Å²) in [4.78, 5) is 38.5. The Morgan fingerprint density at radius 2 is 1.95 bits per heavy atom. The van der Waals surface area contributed by atoms with Gasteiger partial charge < -0.3 is 19.8 Å². The second-order valence-electron chi connectivity index (χ2n) is 8.34. The molecular weight excluding hydrogens is 550 g/mol. The molecular formula is C26H19Cl2FN6O4. The van der Waals surface area contributed by atoms with E-state index in [2.05, 4.69) is 30.9 Å². The molecule has 39 heavy (non-hydrogen) atoms. The normalized spacial score (nSPS) is 15.0. The minimum absolute atomic E-state index is 0.0623. The fourth-order valence-electron chi connectivity index (χ4n) is 3.96. The third-order valence-corrected chi connectivity index (χ3v) is 6.30. The minimum atomic E-state index is -0.885. The van der Waals surface area contributed by atoms with Gasteiger partial charge in [0.15, 0.2) is 5.58 Å². The van der Waals surface area contributed by atoms with E-state index in [1.165, 1.54) is 43.6 Å². The van der Waals surface area contributed by atoms with Crippen LogP contribution in [-0.4, -0.2) is 34.9 Å².